The molecule has 0 spiro atoms. The number of urea groups is 1. The van der Waals surface area contributed by atoms with Crippen molar-refractivity contribution in [2.45, 2.75) is 25.6 Å². The van der Waals surface area contributed by atoms with Crippen LogP contribution >= 0.6 is 0 Å². The average Bonchev–Trinajstić information content (AvgIpc) is 2.84. The first-order chi connectivity index (χ1) is 16.8. The van der Waals surface area contributed by atoms with Gasteiger partial charge in [0, 0.05) is 38.0 Å². The number of pyridine rings is 1. The van der Waals surface area contributed by atoms with Gasteiger partial charge in [-0.1, -0.05) is 24.3 Å². The van der Waals surface area contributed by atoms with Crippen molar-refractivity contribution in [1.82, 2.24) is 15.2 Å². The summed E-state index contributed by atoms with van der Waals surface area (Å²) in [6.45, 7) is 2.41. The Morgan fingerprint density at radius 2 is 1.77 bits per heavy atom. The zero-order chi connectivity index (χ0) is 24.6. The maximum absolute atomic E-state index is 12.8. The van der Waals surface area contributed by atoms with E-state index in [0.29, 0.717) is 25.3 Å². The van der Waals surface area contributed by atoms with Crippen molar-refractivity contribution >= 4 is 34.1 Å². The maximum atomic E-state index is 12.8. The van der Waals surface area contributed by atoms with E-state index in [9.17, 15) is 22.8 Å². The fourth-order valence-corrected chi connectivity index (χ4v) is 4.45. The molecule has 1 N–H and O–H groups in total. The minimum atomic E-state index is -4.32. The number of amides is 3. The molecule has 180 valence electrons. The van der Waals surface area contributed by atoms with E-state index < -0.39 is 17.8 Å². The van der Waals surface area contributed by atoms with E-state index >= 15 is 0 Å². The number of anilines is 1. The number of alkyl halides is 3. The molecule has 2 aliphatic heterocycles. The van der Waals surface area contributed by atoms with Gasteiger partial charge in [0.05, 0.1) is 23.0 Å². The van der Waals surface area contributed by atoms with E-state index in [-0.39, 0.29) is 12.3 Å². The standard InChI is InChI=1S/C26H23F3N4O2/c27-26(28,29)21-4-1-17(2-5-21)16-32-10-7-18(8-11-32)19-3-6-23-20(13-19)14-22(15-30-23)33-12-9-24(34)31-25(33)35/h1-7,13-15H,8-12,16H2,(H,31,34,35). The lowest BCUT2D eigenvalue weighted by Gasteiger charge is -2.27. The molecule has 0 aliphatic carbocycles. The molecule has 1 aromatic heterocycles. The third-order valence-electron chi connectivity index (χ3n) is 6.38. The van der Waals surface area contributed by atoms with Crippen LogP contribution in [0, 0.1) is 0 Å². The summed E-state index contributed by atoms with van der Waals surface area (Å²) >= 11 is 0. The second-order valence-corrected chi connectivity index (χ2v) is 8.77. The Bertz CT molecular complexity index is 1320. The number of fused-ring (bicyclic) bond motifs is 1. The monoisotopic (exact) mass is 480 g/mol. The summed E-state index contributed by atoms with van der Waals surface area (Å²) in [7, 11) is 0. The molecule has 3 heterocycles. The highest BCUT2D eigenvalue weighted by atomic mass is 19.4. The van der Waals surface area contributed by atoms with Gasteiger partial charge in [0.2, 0.25) is 5.91 Å². The van der Waals surface area contributed by atoms with Crippen LogP contribution in [0.25, 0.3) is 16.5 Å². The molecule has 3 aromatic rings. The number of carbonyl (C=O) groups is 2. The summed E-state index contributed by atoms with van der Waals surface area (Å²) in [5, 5.41) is 3.23. The number of carbonyl (C=O) groups excluding carboxylic acids is 2. The number of rotatable bonds is 4. The van der Waals surface area contributed by atoms with Crippen LogP contribution < -0.4 is 10.2 Å². The van der Waals surface area contributed by atoms with Gasteiger partial charge in [0.1, 0.15) is 0 Å². The van der Waals surface area contributed by atoms with Gasteiger partial charge in [0.25, 0.3) is 0 Å². The molecule has 3 amide bonds. The normalized spacial score (nSPS) is 17.5. The van der Waals surface area contributed by atoms with Gasteiger partial charge in [-0.05, 0) is 53.5 Å². The fraction of sp³-hybridized carbons (Fsp3) is 0.269. The summed E-state index contributed by atoms with van der Waals surface area (Å²) in [5.74, 6) is -0.279. The number of aromatic nitrogens is 1. The molecule has 0 bridgehead atoms. The Hall–Kier alpha value is -3.72. The van der Waals surface area contributed by atoms with E-state index in [4.69, 9.17) is 0 Å². The summed E-state index contributed by atoms with van der Waals surface area (Å²) in [4.78, 5) is 31.8. The smallest absolute Gasteiger partial charge is 0.295 e. The van der Waals surface area contributed by atoms with Crippen LogP contribution in [0.1, 0.15) is 29.5 Å². The van der Waals surface area contributed by atoms with Gasteiger partial charge >= 0.3 is 12.2 Å². The summed E-state index contributed by atoms with van der Waals surface area (Å²) in [6.07, 6.45) is 0.526. The lowest BCUT2D eigenvalue weighted by atomic mass is 9.97. The average molecular weight is 480 g/mol. The van der Waals surface area contributed by atoms with Crippen molar-refractivity contribution in [3.63, 3.8) is 0 Å². The lowest BCUT2D eigenvalue weighted by molar-refractivity contribution is -0.137. The number of nitrogens with zero attached hydrogens (tertiary/aromatic N) is 3. The van der Waals surface area contributed by atoms with Gasteiger partial charge in [0.15, 0.2) is 0 Å². The molecule has 9 heteroatoms. The number of benzene rings is 2. The summed E-state index contributed by atoms with van der Waals surface area (Å²) < 4.78 is 38.3. The lowest BCUT2D eigenvalue weighted by Crippen LogP contribution is -2.49. The molecule has 1 fully saturated rings. The van der Waals surface area contributed by atoms with Gasteiger partial charge in [-0.3, -0.25) is 24.9 Å². The minimum Gasteiger partial charge on any atom is -0.295 e. The van der Waals surface area contributed by atoms with E-state index in [1.165, 1.54) is 22.6 Å². The van der Waals surface area contributed by atoms with Crippen molar-refractivity contribution in [2.24, 2.45) is 0 Å². The first-order valence-electron chi connectivity index (χ1n) is 11.4. The van der Waals surface area contributed by atoms with Gasteiger partial charge in [-0.2, -0.15) is 13.2 Å². The van der Waals surface area contributed by atoms with Crippen LogP contribution in [0.2, 0.25) is 0 Å². The molecule has 6 nitrogen and oxygen atoms in total. The second-order valence-electron chi connectivity index (χ2n) is 8.77. The molecule has 2 aromatic carbocycles. The van der Waals surface area contributed by atoms with Crippen molar-refractivity contribution in [3.05, 3.63) is 77.5 Å². The van der Waals surface area contributed by atoms with Gasteiger partial charge in [-0.15, -0.1) is 0 Å². The quantitative estimate of drug-likeness (QED) is 0.572. The molecule has 0 unspecified atom stereocenters. The van der Waals surface area contributed by atoms with Crippen LogP contribution in [-0.2, 0) is 17.5 Å². The van der Waals surface area contributed by atoms with E-state index in [1.54, 1.807) is 6.20 Å². The Morgan fingerprint density at radius 1 is 0.971 bits per heavy atom. The first kappa shape index (κ1) is 23.0. The molecule has 0 radical (unpaired) electrons. The Morgan fingerprint density at radius 3 is 2.46 bits per heavy atom. The zero-order valence-electron chi connectivity index (χ0n) is 18.8. The number of halogens is 3. The first-order valence-corrected chi connectivity index (χ1v) is 11.4. The predicted molar refractivity (Wildman–Crippen MR) is 127 cm³/mol. The summed E-state index contributed by atoms with van der Waals surface area (Å²) in [6, 6.07) is 12.8. The maximum Gasteiger partial charge on any atom is 0.416 e. The van der Waals surface area contributed by atoms with E-state index in [1.807, 2.05) is 18.2 Å². The van der Waals surface area contributed by atoms with Crippen molar-refractivity contribution in [2.75, 3.05) is 24.5 Å². The topological polar surface area (TPSA) is 65.5 Å². The zero-order valence-corrected chi connectivity index (χ0v) is 18.8. The molecule has 5 rings (SSSR count). The largest absolute Gasteiger partial charge is 0.416 e. The fourth-order valence-electron chi connectivity index (χ4n) is 4.45. The SMILES string of the molecule is O=C1CCN(c2cnc3ccc(C4=CCN(Cc5ccc(C(F)(F)F)cc5)CC4)cc3c2)C(=O)N1. The highest BCUT2D eigenvalue weighted by Crippen LogP contribution is 2.30. The highest BCUT2D eigenvalue weighted by Gasteiger charge is 2.30. The van der Waals surface area contributed by atoms with Crippen LogP contribution in [0.3, 0.4) is 0 Å². The highest BCUT2D eigenvalue weighted by molar-refractivity contribution is 6.06. The predicted octanol–water partition coefficient (Wildman–Crippen LogP) is 4.99. The van der Waals surface area contributed by atoms with Crippen LogP contribution in [0.4, 0.5) is 23.7 Å². The molecule has 0 saturated carbocycles. The van der Waals surface area contributed by atoms with E-state index in [0.717, 1.165) is 47.1 Å². The van der Waals surface area contributed by atoms with Crippen molar-refractivity contribution in [1.29, 1.82) is 0 Å². The third-order valence-corrected chi connectivity index (χ3v) is 6.38. The van der Waals surface area contributed by atoms with Crippen LogP contribution in [-0.4, -0.2) is 41.5 Å². The molecule has 0 atom stereocenters. The second kappa shape index (κ2) is 9.14. The summed E-state index contributed by atoms with van der Waals surface area (Å²) in [5.41, 5.74) is 3.94. The Labute approximate surface area is 200 Å². The molecular weight excluding hydrogens is 457 g/mol. The Balaban J connectivity index is 1.29. The van der Waals surface area contributed by atoms with E-state index in [2.05, 4.69) is 27.3 Å². The number of hydrogen-bond acceptors (Lipinski definition) is 4. The van der Waals surface area contributed by atoms with Crippen LogP contribution in [0.15, 0.2) is 60.8 Å². The van der Waals surface area contributed by atoms with Crippen LogP contribution in [0.5, 0.6) is 0 Å². The minimum absolute atomic E-state index is 0.250. The van der Waals surface area contributed by atoms with Crippen molar-refractivity contribution < 1.29 is 22.8 Å². The molecular formula is C26H23F3N4O2. The van der Waals surface area contributed by atoms with Gasteiger partial charge < -0.3 is 0 Å². The number of hydrogen-bond donors (Lipinski definition) is 1. The van der Waals surface area contributed by atoms with Crippen molar-refractivity contribution in [3.8, 4) is 0 Å². The number of nitrogens with one attached hydrogen (secondary N) is 1. The number of imide groups is 1. The van der Waals surface area contributed by atoms with Gasteiger partial charge in [-0.25, -0.2) is 4.79 Å². The third kappa shape index (κ3) is 5.05. The molecule has 35 heavy (non-hydrogen) atoms. The Kier molecular flexibility index (Phi) is 6.02. The molecule has 1 saturated heterocycles. The molecule has 2 aliphatic rings.